The number of hydrogen-bond donors (Lipinski definition) is 5. The van der Waals surface area contributed by atoms with Gasteiger partial charge in [0.25, 0.3) is 0 Å². The molecule has 0 saturated heterocycles. The van der Waals surface area contributed by atoms with E-state index in [4.69, 9.17) is 24.7 Å². The second-order valence-electron chi connectivity index (χ2n) is 1.92. The summed E-state index contributed by atoms with van der Waals surface area (Å²) < 4.78 is 20.2. The molecule has 12 heavy (non-hydrogen) atoms. The Hall–Kier alpha value is 0.883. The van der Waals surface area contributed by atoms with Gasteiger partial charge in [-0.25, -0.2) is 0 Å². The molecule has 10 heteroatoms. The van der Waals surface area contributed by atoms with E-state index < -0.39 is 27.2 Å². The first-order chi connectivity index (χ1) is 4.63. The van der Waals surface area contributed by atoms with Gasteiger partial charge in [-0.05, 0) is 0 Å². The van der Waals surface area contributed by atoms with Crippen LogP contribution in [0.4, 0.5) is 0 Å². The van der Waals surface area contributed by atoms with Crippen molar-refractivity contribution in [2.45, 2.75) is 5.85 Å². The molecule has 7 nitrogen and oxygen atoms in total. The van der Waals surface area contributed by atoms with E-state index in [0.29, 0.717) is 0 Å². The van der Waals surface area contributed by atoms with Crippen LogP contribution in [0, 0.1) is 0 Å². The van der Waals surface area contributed by atoms with E-state index in [2.05, 4.69) is 0 Å². The van der Waals surface area contributed by atoms with Gasteiger partial charge in [0.15, 0.2) is 5.85 Å². The third-order valence-corrected chi connectivity index (χ3v) is 2.86. The summed E-state index contributed by atoms with van der Waals surface area (Å²) in [5, 5.41) is 8.47. The molecule has 1 unspecified atom stereocenters. The van der Waals surface area contributed by atoms with Gasteiger partial charge in [-0.3, -0.25) is 9.13 Å². The first-order valence-corrected chi connectivity index (χ1v) is 5.89. The molecule has 0 aromatic rings. The van der Waals surface area contributed by atoms with Crippen LogP contribution in [0.3, 0.4) is 0 Å². The van der Waals surface area contributed by atoms with E-state index in [1.165, 1.54) is 0 Å². The van der Waals surface area contributed by atoms with Gasteiger partial charge < -0.3 is 24.7 Å². The van der Waals surface area contributed by atoms with E-state index in [1.54, 1.807) is 0 Å². The predicted octanol–water partition coefficient (Wildman–Crippen LogP) is -1.34. The zero-order valence-electron chi connectivity index (χ0n) is 5.94. The fourth-order valence-electron chi connectivity index (χ4n) is 0.319. The molecule has 5 N–H and O–H groups in total. The fourth-order valence-corrected chi connectivity index (χ4v) is 2.23. The van der Waals surface area contributed by atoms with Crippen LogP contribution in [0.2, 0.25) is 0 Å². The molecule has 0 aliphatic rings. The smallest absolute Gasteiger partial charge is 0.354 e. The molecule has 0 heterocycles. The maximum absolute atomic E-state index is 10.1. The van der Waals surface area contributed by atoms with Gasteiger partial charge in [0.1, 0.15) is 0 Å². The maximum atomic E-state index is 10.1. The Morgan fingerprint density at radius 2 is 1.42 bits per heavy atom. The van der Waals surface area contributed by atoms with Crippen molar-refractivity contribution in [1.29, 1.82) is 0 Å². The van der Waals surface area contributed by atoms with Crippen molar-refractivity contribution in [1.82, 2.24) is 0 Å². The van der Waals surface area contributed by atoms with Crippen molar-refractivity contribution in [2.75, 3.05) is 6.16 Å². The maximum Gasteiger partial charge on any atom is 0.354 e. The Bertz CT molecular complexity index is 215. The number of hydrogen-bond acceptors (Lipinski definition) is 3. The average molecular weight is 271 g/mol. The van der Waals surface area contributed by atoms with Crippen molar-refractivity contribution in [3.8, 4) is 0 Å². The van der Waals surface area contributed by atoms with Crippen molar-refractivity contribution in [3.63, 3.8) is 0 Å². The first kappa shape index (κ1) is 15.4. The van der Waals surface area contributed by atoms with Crippen molar-refractivity contribution in [2.24, 2.45) is 0 Å². The Morgan fingerprint density at radius 3 is 1.50 bits per heavy atom. The molecule has 0 amide bonds. The normalized spacial score (nSPS) is 15.1. The number of aliphatic hydroxyl groups excluding tert-OH is 1. The van der Waals surface area contributed by atoms with Crippen molar-refractivity contribution >= 4 is 15.2 Å². The van der Waals surface area contributed by atoms with Gasteiger partial charge in [0.2, 0.25) is 0 Å². The molecule has 0 radical (unpaired) electrons. The van der Waals surface area contributed by atoms with Gasteiger partial charge in [-0.1, -0.05) is 0 Å². The van der Waals surface area contributed by atoms with Gasteiger partial charge in [-0.2, -0.15) is 0 Å². The molecule has 0 aromatic heterocycles. The molecular formula is C2H8O7P2Zn. The molecule has 0 fully saturated rings. The summed E-state index contributed by atoms with van der Waals surface area (Å²) >= 11 is 0. The van der Waals surface area contributed by atoms with E-state index in [-0.39, 0.29) is 19.5 Å². The fraction of sp³-hybridized carbons (Fsp3) is 1.00. The van der Waals surface area contributed by atoms with E-state index in [9.17, 15) is 9.13 Å². The summed E-state index contributed by atoms with van der Waals surface area (Å²) in [6, 6.07) is 0. The third kappa shape index (κ3) is 7.53. The largest absolute Gasteiger partial charge is 0.380 e. The molecular weight excluding hydrogens is 263 g/mol. The SMILES string of the molecule is O=P(O)(O)CC(O)P(=O)(O)O.[Zn]. The Kier molecular flexibility index (Phi) is 6.32. The molecule has 0 rings (SSSR count). The van der Waals surface area contributed by atoms with Crippen molar-refractivity contribution < 1.29 is 53.3 Å². The predicted molar refractivity (Wildman–Crippen MR) is 35.0 cm³/mol. The molecule has 0 aliphatic heterocycles. The molecule has 0 aliphatic carbocycles. The Morgan fingerprint density at radius 1 is 1.08 bits per heavy atom. The standard InChI is InChI=1S/C2H8O7P2.Zn/c3-2(11(7,8)9)1-10(4,5)6;/h2-3H,1H2,(H2,4,5,6)(H2,7,8,9);. The molecule has 0 saturated carbocycles. The third-order valence-electron chi connectivity index (χ3n) is 0.789. The monoisotopic (exact) mass is 270 g/mol. The first-order valence-electron chi connectivity index (χ1n) is 2.41. The quantitative estimate of drug-likeness (QED) is 0.316. The van der Waals surface area contributed by atoms with Crippen molar-refractivity contribution in [3.05, 3.63) is 0 Å². The summed E-state index contributed by atoms with van der Waals surface area (Å²) in [7, 11) is -9.35. The Balaban J connectivity index is 0. The molecule has 1 atom stereocenters. The minimum atomic E-state index is -4.79. The van der Waals surface area contributed by atoms with Crippen LogP contribution < -0.4 is 0 Å². The summed E-state index contributed by atoms with van der Waals surface area (Å²) in [6.07, 6.45) is -1.22. The van der Waals surface area contributed by atoms with Crippen LogP contribution >= 0.6 is 15.2 Å². The second-order valence-corrected chi connectivity index (χ2v) is 5.39. The minimum absolute atomic E-state index is 0. The van der Waals surface area contributed by atoms with Crippen LogP contribution in [0.25, 0.3) is 0 Å². The van der Waals surface area contributed by atoms with Gasteiger partial charge in [0.05, 0.1) is 6.16 Å². The number of rotatable bonds is 3. The summed E-state index contributed by atoms with van der Waals surface area (Å²) in [4.78, 5) is 32.7. The molecule has 0 bridgehead atoms. The van der Waals surface area contributed by atoms with Gasteiger partial charge in [0, 0.05) is 19.5 Å². The average Bonchev–Trinajstić information content (AvgIpc) is 1.56. The summed E-state index contributed by atoms with van der Waals surface area (Å²) in [5.74, 6) is -2.29. The van der Waals surface area contributed by atoms with Crippen LogP contribution in [-0.4, -0.2) is 36.7 Å². The summed E-state index contributed by atoms with van der Waals surface area (Å²) in [6.45, 7) is 0. The van der Waals surface area contributed by atoms with Crippen LogP contribution in [0.5, 0.6) is 0 Å². The second kappa shape index (κ2) is 4.94. The summed E-state index contributed by atoms with van der Waals surface area (Å²) in [5.41, 5.74) is 0. The van der Waals surface area contributed by atoms with Gasteiger partial charge in [-0.15, -0.1) is 0 Å². The number of aliphatic hydroxyl groups is 1. The van der Waals surface area contributed by atoms with E-state index >= 15 is 0 Å². The van der Waals surface area contributed by atoms with Crippen LogP contribution in [-0.2, 0) is 28.6 Å². The molecule has 0 spiro atoms. The molecule has 0 aromatic carbocycles. The van der Waals surface area contributed by atoms with Crippen LogP contribution in [0.1, 0.15) is 0 Å². The van der Waals surface area contributed by atoms with E-state index in [0.717, 1.165) is 0 Å². The zero-order chi connectivity index (χ0) is 9.28. The minimum Gasteiger partial charge on any atom is -0.380 e. The van der Waals surface area contributed by atoms with E-state index in [1.807, 2.05) is 0 Å². The van der Waals surface area contributed by atoms with Crippen LogP contribution in [0.15, 0.2) is 0 Å². The molecule has 70 valence electrons. The zero-order valence-corrected chi connectivity index (χ0v) is 10.7. The Labute approximate surface area is 80.9 Å². The topological polar surface area (TPSA) is 135 Å². The van der Waals surface area contributed by atoms with Gasteiger partial charge >= 0.3 is 15.2 Å².